The molecule has 4 rings (SSSR count). The maximum atomic E-state index is 13.3. The molecule has 0 saturated carbocycles. The molecule has 13 heteroatoms. The van der Waals surface area contributed by atoms with Gasteiger partial charge in [0.1, 0.15) is 11.0 Å². The van der Waals surface area contributed by atoms with Gasteiger partial charge >= 0.3 is 5.97 Å². The number of esters is 1. The summed E-state index contributed by atoms with van der Waals surface area (Å²) in [7, 11) is -0.961. The molecule has 0 aliphatic carbocycles. The van der Waals surface area contributed by atoms with Gasteiger partial charge < -0.3 is 14.8 Å². The van der Waals surface area contributed by atoms with Crippen LogP contribution in [0.5, 0.6) is 5.75 Å². The van der Waals surface area contributed by atoms with E-state index in [9.17, 15) is 22.8 Å². The number of hydrogen-bond donors (Lipinski definition) is 2. The van der Waals surface area contributed by atoms with Crippen molar-refractivity contribution in [3.05, 3.63) is 83.9 Å². The van der Waals surface area contributed by atoms with Crippen molar-refractivity contribution in [2.24, 2.45) is 10.1 Å². The number of nitrogens with two attached hydrogens (primary N) is 1. The number of nitrogens with one attached hydrogen (secondary N) is 1. The number of thioether (sulfide) groups is 1. The molecular weight excluding hydrogens is 568 g/mol. The molecule has 1 aliphatic heterocycles. The molecule has 0 spiro atoms. The quantitative estimate of drug-likeness (QED) is 0.164. The minimum atomic E-state index is -3.78. The van der Waals surface area contributed by atoms with Crippen LogP contribution in [-0.2, 0) is 30.8 Å². The standard InChI is InChI=1S/C28H28N4O7S2/c1-38-22-5-3-4-20(16-22)31-28(30-15-14-18-6-12-23(13-7-18)41(29,36)37)40-24-17-25(33)32(26(24)34)21-10-8-19(9-11-21)27(35)39-2/h3-13,16,24H,14-15,17H2,1-2H3,(H,30,31)(H2,29,36,37). The number of aliphatic imine (C=N–C) groups is 1. The van der Waals surface area contributed by atoms with E-state index in [1.54, 1.807) is 43.5 Å². The molecular formula is C28H28N4O7S2. The molecule has 1 aliphatic rings. The fourth-order valence-corrected chi connectivity index (χ4v) is 5.59. The van der Waals surface area contributed by atoms with Gasteiger partial charge in [-0.15, -0.1) is 0 Å². The predicted molar refractivity (Wildman–Crippen MR) is 156 cm³/mol. The monoisotopic (exact) mass is 596 g/mol. The largest absolute Gasteiger partial charge is 0.497 e. The molecule has 1 saturated heterocycles. The number of sulfonamides is 1. The van der Waals surface area contributed by atoms with E-state index in [4.69, 9.17) is 14.6 Å². The number of carbonyl (C=O) groups is 3. The number of primary sulfonamides is 1. The average molecular weight is 597 g/mol. The summed E-state index contributed by atoms with van der Waals surface area (Å²) in [6.45, 7) is 0.415. The number of hydrogen-bond acceptors (Lipinski definition) is 9. The van der Waals surface area contributed by atoms with E-state index < -0.39 is 27.1 Å². The summed E-state index contributed by atoms with van der Waals surface area (Å²) in [6, 6.07) is 19.4. The van der Waals surface area contributed by atoms with Gasteiger partial charge in [0.2, 0.25) is 21.8 Å². The van der Waals surface area contributed by atoms with Crippen LogP contribution in [0.1, 0.15) is 22.3 Å². The highest BCUT2D eigenvalue weighted by molar-refractivity contribution is 8.15. The Labute approximate surface area is 241 Å². The first-order valence-corrected chi connectivity index (χ1v) is 14.8. The van der Waals surface area contributed by atoms with Crippen LogP contribution in [0.3, 0.4) is 0 Å². The summed E-state index contributed by atoms with van der Waals surface area (Å²) < 4.78 is 33.0. The van der Waals surface area contributed by atoms with Crippen molar-refractivity contribution in [1.82, 2.24) is 5.32 Å². The lowest BCUT2D eigenvalue weighted by molar-refractivity contribution is -0.121. The van der Waals surface area contributed by atoms with Crippen LogP contribution < -0.4 is 20.1 Å². The number of amidine groups is 1. The van der Waals surface area contributed by atoms with Crippen molar-refractivity contribution >= 4 is 56.1 Å². The van der Waals surface area contributed by atoms with Gasteiger partial charge in [0.25, 0.3) is 0 Å². The third kappa shape index (κ3) is 7.51. The Morgan fingerprint density at radius 1 is 1.07 bits per heavy atom. The molecule has 1 heterocycles. The molecule has 2 amide bonds. The summed E-state index contributed by atoms with van der Waals surface area (Å²) >= 11 is 1.14. The van der Waals surface area contributed by atoms with Crippen molar-refractivity contribution in [3.63, 3.8) is 0 Å². The second kappa shape index (κ2) is 13.0. The zero-order valence-electron chi connectivity index (χ0n) is 22.3. The lowest BCUT2D eigenvalue weighted by atomic mass is 10.1. The Bertz CT molecular complexity index is 1570. The molecule has 214 valence electrons. The van der Waals surface area contributed by atoms with Crippen LogP contribution in [-0.4, -0.2) is 57.4 Å². The van der Waals surface area contributed by atoms with Crippen molar-refractivity contribution in [3.8, 4) is 5.75 Å². The number of rotatable bonds is 9. The Morgan fingerprint density at radius 3 is 2.41 bits per heavy atom. The maximum Gasteiger partial charge on any atom is 0.337 e. The third-order valence-corrected chi connectivity index (χ3v) is 8.17. The highest BCUT2D eigenvalue weighted by Gasteiger charge is 2.41. The normalized spacial score (nSPS) is 15.6. The topological polar surface area (TPSA) is 157 Å². The Morgan fingerprint density at radius 2 is 1.78 bits per heavy atom. The molecule has 3 aromatic carbocycles. The highest BCUT2D eigenvalue weighted by atomic mass is 32.2. The molecule has 0 aromatic heterocycles. The zero-order chi connectivity index (χ0) is 29.6. The number of carbonyl (C=O) groups excluding carboxylic acids is 3. The van der Waals surface area contributed by atoms with Gasteiger partial charge in [0, 0.05) is 19.0 Å². The molecule has 11 nitrogen and oxygen atoms in total. The average Bonchev–Trinajstić information content (AvgIpc) is 3.24. The summed E-state index contributed by atoms with van der Waals surface area (Å²) in [4.78, 5) is 43.7. The van der Waals surface area contributed by atoms with E-state index in [2.05, 4.69) is 10.3 Å². The van der Waals surface area contributed by atoms with Gasteiger partial charge in [-0.1, -0.05) is 30.0 Å². The maximum absolute atomic E-state index is 13.3. The number of methoxy groups -OCH3 is 2. The minimum Gasteiger partial charge on any atom is -0.497 e. The molecule has 41 heavy (non-hydrogen) atoms. The van der Waals surface area contributed by atoms with E-state index in [-0.39, 0.29) is 17.2 Å². The highest BCUT2D eigenvalue weighted by Crippen LogP contribution is 2.31. The number of benzene rings is 3. The van der Waals surface area contributed by atoms with Crippen LogP contribution in [0.2, 0.25) is 0 Å². The fourth-order valence-electron chi connectivity index (χ4n) is 4.03. The molecule has 1 unspecified atom stereocenters. The molecule has 0 radical (unpaired) electrons. The van der Waals surface area contributed by atoms with Crippen molar-refractivity contribution in [2.75, 3.05) is 25.7 Å². The molecule has 1 fully saturated rings. The minimum absolute atomic E-state index is 0.0268. The summed E-state index contributed by atoms with van der Waals surface area (Å²) in [5.41, 5.74) is 2.11. The van der Waals surface area contributed by atoms with Crippen LogP contribution in [0.25, 0.3) is 0 Å². The summed E-state index contributed by atoms with van der Waals surface area (Å²) in [5, 5.41) is 8.10. The summed E-state index contributed by atoms with van der Waals surface area (Å²) in [6.07, 6.45) is 0.495. The predicted octanol–water partition coefficient (Wildman–Crippen LogP) is 3.01. The smallest absolute Gasteiger partial charge is 0.337 e. The van der Waals surface area contributed by atoms with Crippen molar-refractivity contribution in [2.45, 2.75) is 23.0 Å². The second-order valence-corrected chi connectivity index (χ2v) is 11.7. The van der Waals surface area contributed by atoms with Gasteiger partial charge in [-0.3, -0.25) is 9.59 Å². The number of anilines is 1. The van der Waals surface area contributed by atoms with Gasteiger partial charge in [0.05, 0.1) is 36.1 Å². The van der Waals surface area contributed by atoms with E-state index in [1.165, 1.54) is 43.5 Å². The lowest BCUT2D eigenvalue weighted by Gasteiger charge is -2.16. The SMILES string of the molecule is COC(=O)c1ccc(N2C(=O)CC(S/C(=N/c3cccc(OC)c3)NCCc3ccc(S(N)(=O)=O)cc3)C2=O)cc1. The molecule has 3 N–H and O–H groups in total. The van der Waals surface area contributed by atoms with Crippen molar-refractivity contribution in [1.29, 1.82) is 0 Å². The van der Waals surface area contributed by atoms with Gasteiger partial charge in [-0.25, -0.2) is 28.2 Å². The third-order valence-electron chi connectivity index (χ3n) is 6.13. The molecule has 0 bridgehead atoms. The van der Waals surface area contributed by atoms with Gasteiger partial charge in [-0.05, 0) is 60.5 Å². The zero-order valence-corrected chi connectivity index (χ0v) is 23.9. The second-order valence-electron chi connectivity index (χ2n) is 8.90. The fraction of sp³-hybridized carbons (Fsp3) is 0.214. The number of ether oxygens (including phenoxy) is 2. The van der Waals surface area contributed by atoms with E-state index in [0.717, 1.165) is 22.2 Å². The molecule has 3 aromatic rings. The van der Waals surface area contributed by atoms with Gasteiger partial charge in [-0.2, -0.15) is 0 Å². The van der Waals surface area contributed by atoms with Crippen LogP contribution >= 0.6 is 11.8 Å². The lowest BCUT2D eigenvalue weighted by Crippen LogP contribution is -2.32. The van der Waals surface area contributed by atoms with Crippen LogP contribution in [0.4, 0.5) is 11.4 Å². The van der Waals surface area contributed by atoms with Crippen molar-refractivity contribution < 1.29 is 32.3 Å². The van der Waals surface area contributed by atoms with E-state index in [1.807, 2.05) is 0 Å². The van der Waals surface area contributed by atoms with E-state index in [0.29, 0.717) is 40.8 Å². The number of amides is 2. The first-order valence-electron chi connectivity index (χ1n) is 12.4. The first kappa shape index (κ1) is 29.8. The Balaban J connectivity index is 1.50. The number of imide groups is 1. The number of nitrogens with zero attached hydrogens (tertiary/aromatic N) is 2. The summed E-state index contributed by atoms with van der Waals surface area (Å²) in [5.74, 6) is -0.674. The Kier molecular flexibility index (Phi) is 9.42. The Hall–Kier alpha value is -4.20. The van der Waals surface area contributed by atoms with Gasteiger partial charge in [0.15, 0.2) is 5.17 Å². The first-order chi connectivity index (χ1) is 19.6. The van der Waals surface area contributed by atoms with Crippen LogP contribution in [0, 0.1) is 0 Å². The molecule has 1 atom stereocenters. The van der Waals surface area contributed by atoms with E-state index >= 15 is 0 Å². The van der Waals surface area contributed by atoms with Crippen LogP contribution in [0.15, 0.2) is 82.7 Å².